The molecule has 0 spiro atoms. The van der Waals surface area contributed by atoms with Crippen molar-refractivity contribution in [2.24, 2.45) is 0 Å². The Labute approximate surface area is 154 Å². The van der Waals surface area contributed by atoms with Crippen LogP contribution in [0.5, 0.6) is 5.75 Å². The minimum absolute atomic E-state index is 0.193. The molecule has 2 aromatic carbocycles. The molecule has 0 N–H and O–H groups in total. The van der Waals surface area contributed by atoms with Gasteiger partial charge in [-0.3, -0.25) is 9.59 Å². The molecule has 0 aliphatic carbocycles. The Balaban J connectivity index is 0.000000263. The molecular weight excluding hydrogens is 332 g/mol. The number of hydrogen-bond donors (Lipinski definition) is 0. The molecule has 0 aromatic heterocycles. The van der Waals surface area contributed by atoms with Gasteiger partial charge in [0.05, 0.1) is 6.61 Å². The minimum Gasteiger partial charge on any atom is -0.490 e. The van der Waals surface area contributed by atoms with E-state index in [1.165, 1.54) is 12.5 Å². The summed E-state index contributed by atoms with van der Waals surface area (Å²) in [6.45, 7) is 4.36. The lowest BCUT2D eigenvalue weighted by Crippen LogP contribution is -2.10. The highest BCUT2D eigenvalue weighted by Crippen LogP contribution is 2.07. The molecule has 0 aliphatic rings. The number of benzene rings is 2. The molecule has 0 atom stereocenters. The van der Waals surface area contributed by atoms with Crippen molar-refractivity contribution in [1.29, 1.82) is 0 Å². The maximum atomic E-state index is 10.7. The van der Waals surface area contributed by atoms with Crippen LogP contribution in [0, 0.1) is 0 Å². The molecule has 140 valence electrons. The summed E-state index contributed by atoms with van der Waals surface area (Å²) in [6, 6.07) is 19.4. The van der Waals surface area contributed by atoms with Crippen LogP contribution < -0.4 is 4.74 Å². The lowest BCUT2D eigenvalue weighted by molar-refractivity contribution is -0.144. The van der Waals surface area contributed by atoms with Gasteiger partial charge >= 0.3 is 11.9 Å². The quantitative estimate of drug-likeness (QED) is 0.530. The fraction of sp³-hybridized carbons (Fsp3) is 0.333. The fourth-order valence-corrected chi connectivity index (χ4v) is 1.89. The second kappa shape index (κ2) is 13.5. The predicted octanol–water partition coefficient (Wildman–Crippen LogP) is 3.81. The first kappa shape index (κ1) is 21.2. The Morgan fingerprint density at radius 1 is 0.808 bits per heavy atom. The van der Waals surface area contributed by atoms with Gasteiger partial charge in [-0.05, 0) is 17.7 Å². The molecule has 0 saturated carbocycles. The van der Waals surface area contributed by atoms with Gasteiger partial charge in [-0.25, -0.2) is 0 Å². The first-order chi connectivity index (χ1) is 12.6. The maximum absolute atomic E-state index is 10.7. The molecule has 26 heavy (non-hydrogen) atoms. The normalized spacial score (nSPS) is 9.46. The van der Waals surface area contributed by atoms with Crippen LogP contribution in [0.25, 0.3) is 0 Å². The summed E-state index contributed by atoms with van der Waals surface area (Å²) in [6.07, 6.45) is 1.20. The number of rotatable bonds is 8. The second-order valence-electron chi connectivity index (χ2n) is 5.31. The van der Waals surface area contributed by atoms with Crippen molar-refractivity contribution >= 4 is 11.9 Å². The van der Waals surface area contributed by atoms with E-state index in [4.69, 9.17) is 14.2 Å². The molecule has 2 aromatic rings. The number of ether oxygens (including phenoxy) is 3. The molecule has 0 heterocycles. The summed E-state index contributed by atoms with van der Waals surface area (Å²) in [4.78, 5) is 21.2. The first-order valence-electron chi connectivity index (χ1n) is 8.62. The van der Waals surface area contributed by atoms with Gasteiger partial charge in [-0.15, -0.1) is 0 Å². The minimum atomic E-state index is -0.217. The Morgan fingerprint density at radius 2 is 1.42 bits per heavy atom. The van der Waals surface area contributed by atoms with E-state index in [0.717, 1.165) is 12.2 Å². The van der Waals surface area contributed by atoms with Gasteiger partial charge in [0, 0.05) is 19.8 Å². The van der Waals surface area contributed by atoms with E-state index in [-0.39, 0.29) is 11.9 Å². The average Bonchev–Trinajstić information content (AvgIpc) is 2.67. The van der Waals surface area contributed by atoms with Gasteiger partial charge in [0.25, 0.3) is 0 Å². The first-order valence-corrected chi connectivity index (χ1v) is 8.62. The molecule has 0 radical (unpaired) electrons. The van der Waals surface area contributed by atoms with Crippen molar-refractivity contribution in [3.63, 3.8) is 0 Å². The third-order valence-electron chi connectivity index (χ3n) is 3.19. The standard InChI is InChI=1S/C11H14O3.C10H12O2/c1-2-11(12)14-9-8-13-10-6-4-3-5-7-10;1-9(11)12-8-7-10-5-3-2-4-6-10/h3-7H,2,8-9H2,1H3;2-6H,7-8H2,1H3. The van der Waals surface area contributed by atoms with Crippen LogP contribution in [-0.4, -0.2) is 31.8 Å². The fourth-order valence-electron chi connectivity index (χ4n) is 1.89. The highest BCUT2D eigenvalue weighted by molar-refractivity contribution is 5.68. The number of para-hydroxylation sites is 1. The van der Waals surface area contributed by atoms with Crippen LogP contribution in [-0.2, 0) is 25.5 Å². The van der Waals surface area contributed by atoms with Crippen LogP contribution >= 0.6 is 0 Å². The summed E-state index contributed by atoms with van der Waals surface area (Å²) in [7, 11) is 0. The van der Waals surface area contributed by atoms with E-state index in [9.17, 15) is 9.59 Å². The third-order valence-corrected chi connectivity index (χ3v) is 3.19. The number of esters is 2. The van der Waals surface area contributed by atoms with Gasteiger partial charge in [0.2, 0.25) is 0 Å². The molecule has 0 fully saturated rings. The van der Waals surface area contributed by atoms with E-state index in [0.29, 0.717) is 26.2 Å². The van der Waals surface area contributed by atoms with Crippen LogP contribution in [0.15, 0.2) is 60.7 Å². The van der Waals surface area contributed by atoms with Crippen molar-refractivity contribution in [3.8, 4) is 5.75 Å². The van der Waals surface area contributed by atoms with E-state index in [1.807, 2.05) is 60.7 Å². The van der Waals surface area contributed by atoms with Crippen molar-refractivity contribution in [1.82, 2.24) is 0 Å². The molecule has 0 aliphatic heterocycles. The summed E-state index contributed by atoms with van der Waals surface area (Å²) >= 11 is 0. The lowest BCUT2D eigenvalue weighted by Gasteiger charge is -2.05. The van der Waals surface area contributed by atoms with Gasteiger partial charge in [-0.1, -0.05) is 55.5 Å². The van der Waals surface area contributed by atoms with Crippen LogP contribution in [0.2, 0.25) is 0 Å². The van der Waals surface area contributed by atoms with Gasteiger partial charge < -0.3 is 14.2 Å². The van der Waals surface area contributed by atoms with Crippen molar-refractivity contribution in [2.75, 3.05) is 19.8 Å². The zero-order valence-electron chi connectivity index (χ0n) is 15.4. The van der Waals surface area contributed by atoms with E-state index in [2.05, 4.69) is 0 Å². The monoisotopic (exact) mass is 358 g/mol. The Bertz CT molecular complexity index is 625. The Hall–Kier alpha value is -2.82. The summed E-state index contributed by atoms with van der Waals surface area (Å²) in [5, 5.41) is 0. The molecule has 5 heteroatoms. The summed E-state index contributed by atoms with van der Waals surface area (Å²) < 4.78 is 15.0. The molecule has 0 amide bonds. The SMILES string of the molecule is CC(=O)OCCc1ccccc1.CCC(=O)OCCOc1ccccc1. The molecule has 0 saturated heterocycles. The van der Waals surface area contributed by atoms with Crippen LogP contribution in [0.1, 0.15) is 25.8 Å². The van der Waals surface area contributed by atoms with Gasteiger partial charge in [0.1, 0.15) is 19.0 Å². The average molecular weight is 358 g/mol. The summed E-state index contributed by atoms with van der Waals surface area (Å²) in [5.74, 6) is 0.382. The molecule has 0 bridgehead atoms. The van der Waals surface area contributed by atoms with E-state index in [1.54, 1.807) is 6.92 Å². The number of carbonyl (C=O) groups is 2. The Morgan fingerprint density at radius 3 is 2.00 bits per heavy atom. The zero-order chi connectivity index (χ0) is 19.0. The predicted molar refractivity (Wildman–Crippen MR) is 100.0 cm³/mol. The maximum Gasteiger partial charge on any atom is 0.305 e. The zero-order valence-corrected chi connectivity index (χ0v) is 15.4. The summed E-state index contributed by atoms with van der Waals surface area (Å²) in [5.41, 5.74) is 1.19. The topological polar surface area (TPSA) is 61.8 Å². The molecular formula is C21H26O5. The molecule has 2 rings (SSSR count). The Kier molecular flexibility index (Phi) is 11.0. The van der Waals surface area contributed by atoms with Gasteiger partial charge in [0.15, 0.2) is 0 Å². The lowest BCUT2D eigenvalue weighted by atomic mass is 10.2. The number of hydrogen-bond acceptors (Lipinski definition) is 5. The third kappa shape index (κ3) is 10.9. The van der Waals surface area contributed by atoms with E-state index >= 15 is 0 Å². The van der Waals surface area contributed by atoms with Crippen molar-refractivity contribution < 1.29 is 23.8 Å². The highest BCUT2D eigenvalue weighted by Gasteiger charge is 1.97. The molecule has 5 nitrogen and oxygen atoms in total. The van der Waals surface area contributed by atoms with Crippen molar-refractivity contribution in [3.05, 3.63) is 66.2 Å². The second-order valence-corrected chi connectivity index (χ2v) is 5.31. The van der Waals surface area contributed by atoms with Crippen LogP contribution in [0.3, 0.4) is 0 Å². The smallest absolute Gasteiger partial charge is 0.305 e. The largest absolute Gasteiger partial charge is 0.490 e. The molecule has 0 unspecified atom stereocenters. The van der Waals surface area contributed by atoms with Crippen molar-refractivity contribution in [2.45, 2.75) is 26.7 Å². The van der Waals surface area contributed by atoms with E-state index < -0.39 is 0 Å². The van der Waals surface area contributed by atoms with Crippen LogP contribution in [0.4, 0.5) is 0 Å². The highest BCUT2D eigenvalue weighted by atomic mass is 16.6. The number of carbonyl (C=O) groups excluding carboxylic acids is 2. The van der Waals surface area contributed by atoms with Gasteiger partial charge in [-0.2, -0.15) is 0 Å².